The maximum atomic E-state index is 11.8. The third-order valence-corrected chi connectivity index (χ3v) is 4.14. The van der Waals surface area contributed by atoms with Crippen molar-refractivity contribution in [1.29, 1.82) is 0 Å². The Hall–Kier alpha value is -1.75. The quantitative estimate of drug-likeness (QED) is 0.755. The number of aromatic hydroxyl groups is 1. The summed E-state index contributed by atoms with van der Waals surface area (Å²) in [6.07, 6.45) is 6.00. The van der Waals surface area contributed by atoms with E-state index >= 15 is 0 Å². The Morgan fingerprint density at radius 3 is 2.55 bits per heavy atom. The highest BCUT2D eigenvalue weighted by molar-refractivity contribution is 5.67. The molecule has 5 heteroatoms. The molecule has 122 valence electrons. The summed E-state index contributed by atoms with van der Waals surface area (Å²) < 4.78 is 5.27. The highest BCUT2D eigenvalue weighted by Crippen LogP contribution is 2.23. The fraction of sp³-hybridized carbons (Fsp3) is 0.588. The second kappa shape index (κ2) is 8.63. The van der Waals surface area contributed by atoms with Gasteiger partial charge in [0.15, 0.2) is 0 Å². The third kappa shape index (κ3) is 5.56. The molecule has 1 amide bonds. The maximum Gasteiger partial charge on any atom is 0.407 e. The van der Waals surface area contributed by atoms with Gasteiger partial charge in [0.1, 0.15) is 5.75 Å². The van der Waals surface area contributed by atoms with Crippen LogP contribution in [0.5, 0.6) is 5.75 Å². The lowest BCUT2D eigenvalue weighted by Crippen LogP contribution is -2.40. The van der Waals surface area contributed by atoms with E-state index in [1.165, 1.54) is 19.3 Å². The van der Waals surface area contributed by atoms with Crippen LogP contribution >= 0.6 is 0 Å². The number of hydrogen-bond donors (Lipinski definition) is 3. The van der Waals surface area contributed by atoms with Crippen molar-refractivity contribution < 1.29 is 19.7 Å². The molecule has 1 aromatic rings. The van der Waals surface area contributed by atoms with Crippen LogP contribution in [0.1, 0.15) is 37.7 Å². The lowest BCUT2D eigenvalue weighted by atomic mass is 9.90. The number of ether oxygens (including phenoxy) is 1. The summed E-state index contributed by atoms with van der Waals surface area (Å²) in [4.78, 5) is 11.8. The number of alkyl carbamates (subject to hydrolysis) is 1. The van der Waals surface area contributed by atoms with Crippen molar-refractivity contribution in [3.63, 3.8) is 0 Å². The van der Waals surface area contributed by atoms with Gasteiger partial charge in [0, 0.05) is 0 Å². The molecular formula is C17H25NO4. The van der Waals surface area contributed by atoms with Crippen LogP contribution in [0.4, 0.5) is 4.79 Å². The highest BCUT2D eigenvalue weighted by Gasteiger charge is 2.17. The van der Waals surface area contributed by atoms with Gasteiger partial charge in [-0.05, 0) is 42.9 Å². The molecule has 0 aliphatic heterocycles. The van der Waals surface area contributed by atoms with E-state index in [9.17, 15) is 15.0 Å². The molecule has 1 fully saturated rings. The number of amides is 1. The zero-order valence-electron chi connectivity index (χ0n) is 12.8. The predicted octanol–water partition coefficient (Wildman–Crippen LogP) is 2.60. The molecule has 1 aliphatic rings. The molecule has 0 aromatic heterocycles. The Morgan fingerprint density at radius 1 is 1.23 bits per heavy atom. The standard InChI is InChI=1S/C17H25NO4/c19-11-15(10-13-6-8-16(20)9-7-13)18-17(21)22-12-14-4-2-1-3-5-14/h6-9,14-15,19-20H,1-5,10-12H2,(H,18,21). The molecule has 0 spiro atoms. The fourth-order valence-corrected chi connectivity index (χ4v) is 2.83. The van der Waals surface area contributed by atoms with Crippen molar-refractivity contribution in [3.8, 4) is 5.75 Å². The molecule has 5 nitrogen and oxygen atoms in total. The number of nitrogens with one attached hydrogen (secondary N) is 1. The monoisotopic (exact) mass is 307 g/mol. The van der Waals surface area contributed by atoms with Crippen LogP contribution in [0.3, 0.4) is 0 Å². The Balaban J connectivity index is 1.73. The van der Waals surface area contributed by atoms with Gasteiger partial charge in [-0.3, -0.25) is 0 Å². The second-order valence-electron chi connectivity index (χ2n) is 6.00. The summed E-state index contributed by atoms with van der Waals surface area (Å²) in [5.74, 6) is 0.674. The normalized spacial score (nSPS) is 17.0. The van der Waals surface area contributed by atoms with Crippen molar-refractivity contribution in [3.05, 3.63) is 29.8 Å². The lowest BCUT2D eigenvalue weighted by molar-refractivity contribution is 0.108. The fourth-order valence-electron chi connectivity index (χ4n) is 2.83. The van der Waals surface area contributed by atoms with Crippen LogP contribution in [0, 0.1) is 5.92 Å². The van der Waals surface area contributed by atoms with E-state index in [1.807, 2.05) is 0 Å². The van der Waals surface area contributed by atoms with E-state index in [0.717, 1.165) is 18.4 Å². The molecule has 0 radical (unpaired) electrons. The number of carbonyl (C=O) groups is 1. The Labute approximate surface area is 131 Å². The zero-order valence-corrected chi connectivity index (χ0v) is 12.8. The Kier molecular flexibility index (Phi) is 6.52. The first kappa shape index (κ1) is 16.6. The molecule has 1 aliphatic carbocycles. The van der Waals surface area contributed by atoms with Gasteiger partial charge in [0.25, 0.3) is 0 Å². The second-order valence-corrected chi connectivity index (χ2v) is 6.00. The molecular weight excluding hydrogens is 282 g/mol. The van der Waals surface area contributed by atoms with Gasteiger partial charge in [-0.15, -0.1) is 0 Å². The van der Waals surface area contributed by atoms with Gasteiger partial charge in [-0.1, -0.05) is 31.4 Å². The number of carbonyl (C=O) groups excluding carboxylic acids is 1. The van der Waals surface area contributed by atoms with E-state index in [2.05, 4.69) is 5.32 Å². The van der Waals surface area contributed by atoms with E-state index in [0.29, 0.717) is 18.9 Å². The molecule has 0 bridgehead atoms. The molecule has 1 aromatic carbocycles. The summed E-state index contributed by atoms with van der Waals surface area (Å²) in [6.45, 7) is 0.308. The van der Waals surface area contributed by atoms with Crippen molar-refractivity contribution in [2.75, 3.05) is 13.2 Å². The minimum atomic E-state index is -0.469. The van der Waals surface area contributed by atoms with Crippen molar-refractivity contribution in [2.45, 2.75) is 44.6 Å². The molecule has 2 rings (SSSR count). The number of benzene rings is 1. The minimum absolute atomic E-state index is 0.153. The van der Waals surface area contributed by atoms with Gasteiger partial charge >= 0.3 is 6.09 Å². The average Bonchev–Trinajstić information content (AvgIpc) is 2.55. The van der Waals surface area contributed by atoms with E-state index in [-0.39, 0.29) is 18.4 Å². The first-order chi connectivity index (χ1) is 10.7. The Bertz CT molecular complexity index is 454. The summed E-state index contributed by atoms with van der Waals surface area (Å²) in [5, 5.41) is 21.3. The molecule has 1 saturated carbocycles. The largest absolute Gasteiger partial charge is 0.508 e. The van der Waals surface area contributed by atoms with Crippen molar-refractivity contribution in [2.24, 2.45) is 5.92 Å². The number of hydrogen-bond acceptors (Lipinski definition) is 4. The molecule has 3 N–H and O–H groups in total. The summed E-state index contributed by atoms with van der Waals surface area (Å²) in [7, 11) is 0. The topological polar surface area (TPSA) is 78.8 Å². The highest BCUT2D eigenvalue weighted by atomic mass is 16.5. The van der Waals surface area contributed by atoms with Gasteiger partial charge in [0.2, 0.25) is 0 Å². The number of aliphatic hydroxyl groups is 1. The van der Waals surface area contributed by atoms with E-state index in [1.54, 1.807) is 24.3 Å². The van der Waals surface area contributed by atoms with Gasteiger partial charge in [-0.2, -0.15) is 0 Å². The van der Waals surface area contributed by atoms with E-state index < -0.39 is 6.09 Å². The van der Waals surface area contributed by atoms with Crippen molar-refractivity contribution >= 4 is 6.09 Å². The van der Waals surface area contributed by atoms with Gasteiger partial charge in [-0.25, -0.2) is 4.79 Å². The zero-order chi connectivity index (χ0) is 15.8. The predicted molar refractivity (Wildman–Crippen MR) is 83.7 cm³/mol. The molecule has 22 heavy (non-hydrogen) atoms. The molecule has 1 unspecified atom stereocenters. The first-order valence-corrected chi connectivity index (χ1v) is 7.99. The maximum absolute atomic E-state index is 11.8. The summed E-state index contributed by atoms with van der Waals surface area (Å²) in [6, 6.07) is 6.33. The number of phenolic OH excluding ortho intramolecular Hbond substituents is 1. The minimum Gasteiger partial charge on any atom is -0.508 e. The van der Waals surface area contributed by atoms with Crippen LogP contribution in [0.2, 0.25) is 0 Å². The summed E-state index contributed by atoms with van der Waals surface area (Å²) >= 11 is 0. The number of phenols is 1. The van der Waals surface area contributed by atoms with Crippen molar-refractivity contribution in [1.82, 2.24) is 5.32 Å². The van der Waals surface area contributed by atoms with E-state index in [4.69, 9.17) is 4.74 Å². The third-order valence-electron chi connectivity index (χ3n) is 4.14. The average molecular weight is 307 g/mol. The lowest BCUT2D eigenvalue weighted by Gasteiger charge is -2.22. The van der Waals surface area contributed by atoms with Gasteiger partial charge < -0.3 is 20.3 Å². The van der Waals surface area contributed by atoms with Crippen LogP contribution in [0.25, 0.3) is 0 Å². The smallest absolute Gasteiger partial charge is 0.407 e. The number of aliphatic hydroxyl groups excluding tert-OH is 1. The molecule has 1 atom stereocenters. The Morgan fingerprint density at radius 2 is 1.91 bits per heavy atom. The van der Waals surface area contributed by atoms with Crippen LogP contribution in [-0.4, -0.2) is 35.6 Å². The van der Waals surface area contributed by atoms with Crippen LogP contribution in [0.15, 0.2) is 24.3 Å². The SMILES string of the molecule is O=C(NC(CO)Cc1ccc(O)cc1)OCC1CCCCC1. The molecule has 0 heterocycles. The summed E-state index contributed by atoms with van der Waals surface area (Å²) in [5.41, 5.74) is 0.935. The first-order valence-electron chi connectivity index (χ1n) is 7.99. The van der Waals surface area contributed by atoms with Crippen LogP contribution in [-0.2, 0) is 11.2 Å². The number of rotatable bonds is 6. The van der Waals surface area contributed by atoms with Gasteiger partial charge in [0.05, 0.1) is 19.3 Å². The molecule has 0 saturated heterocycles. The van der Waals surface area contributed by atoms with Crippen LogP contribution < -0.4 is 5.32 Å².